The van der Waals surface area contributed by atoms with Crippen molar-refractivity contribution in [3.05, 3.63) is 64.0 Å². The largest absolute Gasteiger partial charge is 0.343 e. The number of benzene rings is 2. The van der Waals surface area contributed by atoms with E-state index in [4.69, 9.17) is 11.6 Å². The standard InChI is InChI=1S/C23H23ClN4O2/c24-20-3-1-2-19(12-20)16-4-6-17(7-5-16)21-25-26-23(30)28(21)14-15-10-11-27(13-15)22(29)18-8-9-18/h1-7,12,15,18H,8-11,13-14H2,(H,26,30)/t15-/m1/s1. The van der Waals surface area contributed by atoms with Crippen molar-refractivity contribution < 1.29 is 4.79 Å². The minimum absolute atomic E-state index is 0.212. The van der Waals surface area contributed by atoms with Crippen molar-refractivity contribution in [1.29, 1.82) is 0 Å². The van der Waals surface area contributed by atoms with Crippen molar-refractivity contribution in [2.24, 2.45) is 11.8 Å². The highest BCUT2D eigenvalue weighted by atomic mass is 35.5. The Labute approximate surface area is 179 Å². The van der Waals surface area contributed by atoms with E-state index in [-0.39, 0.29) is 23.4 Å². The lowest BCUT2D eigenvalue weighted by Gasteiger charge is -2.16. The number of halogens is 1. The van der Waals surface area contributed by atoms with Crippen LogP contribution in [0.2, 0.25) is 5.02 Å². The molecule has 1 aliphatic heterocycles. The van der Waals surface area contributed by atoms with Crippen molar-refractivity contribution >= 4 is 17.5 Å². The molecule has 1 atom stereocenters. The number of aromatic amines is 1. The summed E-state index contributed by atoms with van der Waals surface area (Å²) in [5, 5.41) is 7.54. The number of likely N-dealkylation sites (tertiary alicyclic amines) is 1. The van der Waals surface area contributed by atoms with Crippen molar-refractivity contribution in [2.75, 3.05) is 13.1 Å². The first kappa shape index (κ1) is 19.1. The first-order valence-electron chi connectivity index (χ1n) is 10.4. The fourth-order valence-corrected chi connectivity index (χ4v) is 4.41. The van der Waals surface area contributed by atoms with Gasteiger partial charge in [0.1, 0.15) is 0 Å². The molecular formula is C23H23ClN4O2. The van der Waals surface area contributed by atoms with Crippen LogP contribution in [-0.4, -0.2) is 38.7 Å². The summed E-state index contributed by atoms with van der Waals surface area (Å²) in [6, 6.07) is 15.7. The minimum atomic E-state index is -0.212. The Hall–Kier alpha value is -2.86. The maximum absolute atomic E-state index is 12.4. The monoisotopic (exact) mass is 422 g/mol. The van der Waals surface area contributed by atoms with Gasteiger partial charge in [0, 0.05) is 36.1 Å². The molecule has 7 heteroatoms. The summed E-state index contributed by atoms with van der Waals surface area (Å²) in [7, 11) is 0. The van der Waals surface area contributed by atoms with Gasteiger partial charge in [0.15, 0.2) is 5.82 Å². The highest BCUT2D eigenvalue weighted by Crippen LogP contribution is 2.33. The molecule has 0 bridgehead atoms. The first-order valence-corrected chi connectivity index (χ1v) is 10.8. The summed E-state index contributed by atoms with van der Waals surface area (Å²) in [6.07, 6.45) is 2.97. The molecule has 0 spiro atoms. The molecule has 1 saturated heterocycles. The van der Waals surface area contributed by atoms with Gasteiger partial charge in [0.25, 0.3) is 0 Å². The summed E-state index contributed by atoms with van der Waals surface area (Å²) in [6.45, 7) is 2.07. The number of aromatic nitrogens is 3. The Balaban J connectivity index is 1.34. The van der Waals surface area contributed by atoms with E-state index in [1.807, 2.05) is 53.4 Å². The number of amides is 1. The van der Waals surface area contributed by atoms with Gasteiger partial charge in [-0.05, 0) is 48.4 Å². The summed E-state index contributed by atoms with van der Waals surface area (Å²) in [5.41, 5.74) is 2.76. The van der Waals surface area contributed by atoms with E-state index in [1.165, 1.54) is 0 Å². The Bertz CT molecular complexity index is 1130. The number of carbonyl (C=O) groups excluding carboxylic acids is 1. The second-order valence-corrected chi connectivity index (χ2v) is 8.70. The molecule has 2 aliphatic rings. The van der Waals surface area contributed by atoms with Crippen LogP contribution < -0.4 is 5.69 Å². The summed E-state index contributed by atoms with van der Waals surface area (Å²) < 4.78 is 1.70. The molecule has 1 aromatic heterocycles. The van der Waals surface area contributed by atoms with Gasteiger partial charge in [-0.1, -0.05) is 48.0 Å². The third-order valence-electron chi connectivity index (χ3n) is 6.02. The quantitative estimate of drug-likeness (QED) is 0.679. The zero-order valence-corrected chi connectivity index (χ0v) is 17.3. The van der Waals surface area contributed by atoms with Crippen LogP contribution in [0, 0.1) is 11.8 Å². The summed E-state index contributed by atoms with van der Waals surface area (Å²) >= 11 is 6.10. The van der Waals surface area contributed by atoms with Crippen molar-refractivity contribution in [3.63, 3.8) is 0 Å². The van der Waals surface area contributed by atoms with E-state index in [0.717, 1.165) is 49.0 Å². The third kappa shape index (κ3) is 3.79. The molecule has 1 saturated carbocycles. The number of rotatable bonds is 5. The van der Waals surface area contributed by atoms with Crippen LogP contribution in [0.4, 0.5) is 0 Å². The maximum Gasteiger partial charge on any atom is 0.343 e. The molecule has 5 rings (SSSR count). The molecule has 6 nitrogen and oxygen atoms in total. The molecule has 1 amide bonds. The van der Waals surface area contributed by atoms with Gasteiger partial charge in [-0.3, -0.25) is 9.36 Å². The average Bonchev–Trinajstić information content (AvgIpc) is 3.40. The van der Waals surface area contributed by atoms with E-state index < -0.39 is 0 Å². The van der Waals surface area contributed by atoms with Crippen LogP contribution in [0.1, 0.15) is 19.3 Å². The molecule has 2 aromatic carbocycles. The third-order valence-corrected chi connectivity index (χ3v) is 6.26. The van der Waals surface area contributed by atoms with E-state index >= 15 is 0 Å². The van der Waals surface area contributed by atoms with Gasteiger partial charge >= 0.3 is 5.69 Å². The topological polar surface area (TPSA) is 71.0 Å². The summed E-state index contributed by atoms with van der Waals surface area (Å²) in [4.78, 5) is 26.7. The van der Waals surface area contributed by atoms with Gasteiger partial charge in [-0.15, -0.1) is 0 Å². The second kappa shape index (κ2) is 7.76. The van der Waals surface area contributed by atoms with E-state index in [0.29, 0.717) is 17.4 Å². The van der Waals surface area contributed by atoms with Gasteiger partial charge < -0.3 is 4.90 Å². The molecule has 0 unspecified atom stereocenters. The van der Waals surface area contributed by atoms with Crippen molar-refractivity contribution in [3.8, 4) is 22.5 Å². The molecule has 1 N–H and O–H groups in total. The lowest BCUT2D eigenvalue weighted by molar-refractivity contribution is -0.131. The Kier molecular flexibility index (Phi) is 4.95. The number of nitrogens with one attached hydrogen (secondary N) is 1. The SMILES string of the molecule is O=C(C1CC1)N1CC[C@@H](Cn2c(-c3ccc(-c4cccc(Cl)c4)cc3)n[nH]c2=O)C1. The van der Waals surface area contributed by atoms with Crippen LogP contribution in [0.3, 0.4) is 0 Å². The second-order valence-electron chi connectivity index (χ2n) is 8.26. The number of H-pyrrole nitrogens is 1. The minimum Gasteiger partial charge on any atom is -0.342 e. The molecule has 154 valence electrons. The van der Waals surface area contributed by atoms with Crippen LogP contribution in [-0.2, 0) is 11.3 Å². The Morgan fingerprint density at radius 2 is 1.83 bits per heavy atom. The highest BCUT2D eigenvalue weighted by molar-refractivity contribution is 6.30. The zero-order valence-electron chi connectivity index (χ0n) is 16.6. The fraction of sp³-hybridized carbons (Fsp3) is 0.348. The smallest absolute Gasteiger partial charge is 0.342 e. The van der Waals surface area contributed by atoms with Crippen LogP contribution in [0.15, 0.2) is 53.3 Å². The number of hydrogen-bond donors (Lipinski definition) is 1. The van der Waals surface area contributed by atoms with Gasteiger partial charge in [0.2, 0.25) is 5.91 Å². The normalized spacial score (nSPS) is 18.7. The molecule has 1 aliphatic carbocycles. The van der Waals surface area contributed by atoms with Crippen molar-refractivity contribution in [2.45, 2.75) is 25.8 Å². The van der Waals surface area contributed by atoms with Gasteiger partial charge in [-0.25, -0.2) is 9.89 Å². The molecule has 30 heavy (non-hydrogen) atoms. The molecule has 0 radical (unpaired) electrons. The van der Waals surface area contributed by atoms with Gasteiger partial charge in [-0.2, -0.15) is 5.10 Å². The zero-order chi connectivity index (χ0) is 20.7. The predicted octanol–water partition coefficient (Wildman–Crippen LogP) is 3.82. The fourth-order valence-electron chi connectivity index (χ4n) is 4.22. The molecule has 2 fully saturated rings. The average molecular weight is 423 g/mol. The lowest BCUT2D eigenvalue weighted by atomic mass is 10.0. The lowest BCUT2D eigenvalue weighted by Crippen LogP contribution is -2.31. The van der Waals surface area contributed by atoms with E-state index in [1.54, 1.807) is 4.57 Å². The summed E-state index contributed by atoms with van der Waals surface area (Å²) in [5.74, 6) is 1.43. The Morgan fingerprint density at radius 1 is 1.07 bits per heavy atom. The van der Waals surface area contributed by atoms with Crippen LogP contribution in [0.5, 0.6) is 0 Å². The molecule has 3 aromatic rings. The number of carbonyl (C=O) groups is 1. The number of nitrogens with zero attached hydrogens (tertiary/aromatic N) is 3. The maximum atomic E-state index is 12.4. The first-order chi connectivity index (χ1) is 14.6. The van der Waals surface area contributed by atoms with Crippen molar-refractivity contribution in [1.82, 2.24) is 19.7 Å². The highest BCUT2D eigenvalue weighted by Gasteiger charge is 2.36. The van der Waals surface area contributed by atoms with E-state index in [2.05, 4.69) is 10.2 Å². The Morgan fingerprint density at radius 3 is 2.57 bits per heavy atom. The van der Waals surface area contributed by atoms with E-state index in [9.17, 15) is 9.59 Å². The molecular weight excluding hydrogens is 400 g/mol. The van der Waals surface area contributed by atoms with Gasteiger partial charge in [0.05, 0.1) is 0 Å². The number of hydrogen-bond acceptors (Lipinski definition) is 3. The van der Waals surface area contributed by atoms with Crippen LogP contribution >= 0.6 is 11.6 Å². The molecule has 2 heterocycles. The predicted molar refractivity (Wildman–Crippen MR) is 116 cm³/mol. The van der Waals surface area contributed by atoms with Crippen LogP contribution in [0.25, 0.3) is 22.5 Å².